The van der Waals surface area contributed by atoms with Crippen LogP contribution in [0.5, 0.6) is 11.6 Å². The van der Waals surface area contributed by atoms with Crippen molar-refractivity contribution in [3.05, 3.63) is 55.3 Å². The number of nitrogens with zero attached hydrogens (tertiary/aromatic N) is 4. The zero-order chi connectivity index (χ0) is 16.8. The highest BCUT2D eigenvalue weighted by atomic mass is 16.5. The molecule has 0 bridgehead atoms. The fraction of sp³-hybridized carbons (Fsp3) is 0.0556. The number of ether oxygens (including phenoxy) is 1. The van der Waals surface area contributed by atoms with E-state index in [0.29, 0.717) is 23.1 Å². The van der Waals surface area contributed by atoms with E-state index in [-0.39, 0.29) is 0 Å². The fourth-order valence-electron chi connectivity index (χ4n) is 2.80. The monoisotopic (exact) mass is 331 g/mol. The minimum atomic E-state index is 0.462. The van der Waals surface area contributed by atoms with Crippen molar-refractivity contribution in [1.82, 2.24) is 24.7 Å². The molecule has 0 saturated carbocycles. The van der Waals surface area contributed by atoms with Gasteiger partial charge in [-0.2, -0.15) is 10.1 Å². The van der Waals surface area contributed by atoms with Crippen LogP contribution in [0.2, 0.25) is 0 Å². The molecular weight excluding hydrogens is 318 g/mol. The first-order valence-corrected chi connectivity index (χ1v) is 7.75. The molecule has 1 aromatic carbocycles. The number of aromatic amines is 1. The van der Waals surface area contributed by atoms with E-state index in [0.717, 1.165) is 21.9 Å². The molecular formula is C18H13N5O2. The van der Waals surface area contributed by atoms with Gasteiger partial charge in [-0.25, -0.2) is 4.98 Å². The lowest BCUT2D eigenvalue weighted by Gasteiger charge is -2.08. The lowest BCUT2D eigenvalue weighted by Crippen LogP contribution is -1.98. The molecule has 5 aromatic rings. The van der Waals surface area contributed by atoms with Crippen molar-refractivity contribution >= 4 is 21.9 Å². The topological polar surface area (TPSA) is 81.8 Å². The van der Waals surface area contributed by atoms with Crippen molar-refractivity contribution in [1.29, 1.82) is 0 Å². The van der Waals surface area contributed by atoms with Gasteiger partial charge in [0.1, 0.15) is 17.4 Å². The van der Waals surface area contributed by atoms with Crippen LogP contribution in [0.15, 0.2) is 59.7 Å². The Balaban J connectivity index is 1.66. The Morgan fingerprint density at radius 2 is 2.12 bits per heavy atom. The van der Waals surface area contributed by atoms with E-state index in [1.165, 1.54) is 0 Å². The van der Waals surface area contributed by atoms with Crippen LogP contribution in [0.1, 0.15) is 0 Å². The first-order chi connectivity index (χ1) is 12.3. The zero-order valence-electron chi connectivity index (χ0n) is 13.3. The maximum atomic E-state index is 6.07. The molecule has 0 unspecified atom stereocenters. The van der Waals surface area contributed by atoms with Crippen LogP contribution in [0.4, 0.5) is 0 Å². The van der Waals surface area contributed by atoms with Gasteiger partial charge in [0.2, 0.25) is 5.88 Å². The standard InChI is InChI=1S/C18H13N5O2/c1-23-17-14(9-20-23)18(22-16(21-17)12-5-7-24-10-12)25-13-2-3-15-11(8-13)4-6-19-15/h2-10,19H,1H3. The molecule has 122 valence electrons. The molecule has 0 atom stereocenters. The van der Waals surface area contributed by atoms with Gasteiger partial charge in [0.05, 0.1) is 18.0 Å². The summed E-state index contributed by atoms with van der Waals surface area (Å²) in [6.45, 7) is 0. The molecule has 1 N–H and O–H groups in total. The molecule has 7 heteroatoms. The summed E-state index contributed by atoms with van der Waals surface area (Å²) in [7, 11) is 1.84. The quantitative estimate of drug-likeness (QED) is 0.542. The second-order valence-electron chi connectivity index (χ2n) is 5.70. The summed E-state index contributed by atoms with van der Waals surface area (Å²) in [5.41, 5.74) is 2.54. The number of rotatable bonds is 3. The average Bonchev–Trinajstić information content (AvgIpc) is 3.35. The van der Waals surface area contributed by atoms with Gasteiger partial charge in [-0.05, 0) is 30.3 Å². The number of aryl methyl sites for hydroxylation is 1. The van der Waals surface area contributed by atoms with Crippen LogP contribution in [-0.4, -0.2) is 24.7 Å². The molecule has 7 nitrogen and oxygen atoms in total. The summed E-state index contributed by atoms with van der Waals surface area (Å²) in [6, 6.07) is 9.66. The van der Waals surface area contributed by atoms with Crippen LogP contribution < -0.4 is 4.74 Å². The first-order valence-electron chi connectivity index (χ1n) is 7.75. The predicted molar refractivity (Wildman–Crippen MR) is 92.4 cm³/mol. The molecule has 4 heterocycles. The summed E-state index contributed by atoms with van der Waals surface area (Å²) in [4.78, 5) is 12.3. The zero-order valence-corrected chi connectivity index (χ0v) is 13.3. The van der Waals surface area contributed by atoms with Crippen LogP contribution in [0.25, 0.3) is 33.3 Å². The molecule has 0 spiro atoms. The van der Waals surface area contributed by atoms with Crippen molar-refractivity contribution in [2.45, 2.75) is 0 Å². The Kier molecular flexibility index (Phi) is 2.87. The van der Waals surface area contributed by atoms with Crippen molar-refractivity contribution in [3.63, 3.8) is 0 Å². The fourth-order valence-corrected chi connectivity index (χ4v) is 2.80. The van der Waals surface area contributed by atoms with Gasteiger partial charge < -0.3 is 14.1 Å². The SMILES string of the molecule is Cn1ncc2c(Oc3ccc4[nH]ccc4c3)nc(-c3ccoc3)nc21. The van der Waals surface area contributed by atoms with E-state index in [1.807, 2.05) is 43.6 Å². The van der Waals surface area contributed by atoms with Gasteiger partial charge in [-0.1, -0.05) is 0 Å². The first kappa shape index (κ1) is 13.8. The molecule has 0 fully saturated rings. The molecule has 0 aliphatic heterocycles. The molecule has 0 aliphatic carbocycles. The maximum Gasteiger partial charge on any atom is 0.234 e. The highest BCUT2D eigenvalue weighted by Crippen LogP contribution is 2.31. The van der Waals surface area contributed by atoms with Crippen LogP contribution >= 0.6 is 0 Å². The van der Waals surface area contributed by atoms with E-state index in [4.69, 9.17) is 9.15 Å². The third-order valence-corrected chi connectivity index (χ3v) is 4.08. The lowest BCUT2D eigenvalue weighted by molar-refractivity contribution is 0.469. The summed E-state index contributed by atoms with van der Waals surface area (Å²) in [5.74, 6) is 1.70. The number of aromatic nitrogens is 5. The second-order valence-corrected chi connectivity index (χ2v) is 5.70. The van der Waals surface area contributed by atoms with Gasteiger partial charge in [0, 0.05) is 24.1 Å². The molecule has 25 heavy (non-hydrogen) atoms. The highest BCUT2D eigenvalue weighted by Gasteiger charge is 2.15. The Morgan fingerprint density at radius 1 is 1.16 bits per heavy atom. The van der Waals surface area contributed by atoms with Gasteiger partial charge in [-0.3, -0.25) is 4.68 Å². The molecule has 0 amide bonds. The third kappa shape index (κ3) is 2.25. The van der Waals surface area contributed by atoms with E-state index in [1.54, 1.807) is 23.4 Å². The maximum absolute atomic E-state index is 6.07. The van der Waals surface area contributed by atoms with Crippen LogP contribution in [0, 0.1) is 0 Å². The summed E-state index contributed by atoms with van der Waals surface area (Å²) in [6.07, 6.45) is 6.80. The largest absolute Gasteiger partial charge is 0.472 e. The van der Waals surface area contributed by atoms with Crippen LogP contribution in [-0.2, 0) is 7.05 Å². The van der Waals surface area contributed by atoms with Crippen molar-refractivity contribution in [2.75, 3.05) is 0 Å². The van der Waals surface area contributed by atoms with E-state index in [2.05, 4.69) is 20.1 Å². The third-order valence-electron chi connectivity index (χ3n) is 4.08. The number of furan rings is 1. The van der Waals surface area contributed by atoms with Gasteiger partial charge >= 0.3 is 0 Å². The predicted octanol–water partition coefficient (Wildman–Crippen LogP) is 3.90. The number of hydrogen-bond acceptors (Lipinski definition) is 5. The molecule has 0 radical (unpaired) electrons. The van der Waals surface area contributed by atoms with E-state index in [9.17, 15) is 0 Å². The molecule has 0 saturated heterocycles. The molecule has 0 aliphatic rings. The number of benzene rings is 1. The minimum absolute atomic E-state index is 0.462. The Morgan fingerprint density at radius 3 is 3.00 bits per heavy atom. The summed E-state index contributed by atoms with van der Waals surface area (Å²) < 4.78 is 12.9. The van der Waals surface area contributed by atoms with Gasteiger partial charge in [-0.15, -0.1) is 0 Å². The lowest BCUT2D eigenvalue weighted by atomic mass is 10.2. The number of nitrogens with one attached hydrogen (secondary N) is 1. The summed E-state index contributed by atoms with van der Waals surface area (Å²) in [5, 5.41) is 6.09. The Labute approximate surface area is 141 Å². The average molecular weight is 331 g/mol. The van der Waals surface area contributed by atoms with E-state index < -0.39 is 0 Å². The van der Waals surface area contributed by atoms with Gasteiger partial charge in [0.25, 0.3) is 0 Å². The number of fused-ring (bicyclic) bond motifs is 2. The minimum Gasteiger partial charge on any atom is -0.472 e. The second kappa shape index (κ2) is 5.20. The Hall–Kier alpha value is -3.61. The summed E-state index contributed by atoms with van der Waals surface area (Å²) >= 11 is 0. The number of H-pyrrole nitrogens is 1. The number of hydrogen-bond donors (Lipinski definition) is 1. The van der Waals surface area contributed by atoms with Gasteiger partial charge in [0.15, 0.2) is 11.5 Å². The molecule has 5 rings (SSSR count). The van der Waals surface area contributed by atoms with Crippen molar-refractivity contribution in [2.24, 2.45) is 7.05 Å². The smallest absolute Gasteiger partial charge is 0.234 e. The Bertz CT molecular complexity index is 1190. The van der Waals surface area contributed by atoms with E-state index >= 15 is 0 Å². The highest BCUT2D eigenvalue weighted by molar-refractivity contribution is 5.83. The molecule has 4 aromatic heterocycles. The normalized spacial score (nSPS) is 11.4. The van der Waals surface area contributed by atoms with Crippen molar-refractivity contribution in [3.8, 4) is 23.0 Å². The van der Waals surface area contributed by atoms with Crippen molar-refractivity contribution < 1.29 is 9.15 Å². The van der Waals surface area contributed by atoms with Crippen LogP contribution in [0.3, 0.4) is 0 Å².